The molecule has 24 heavy (non-hydrogen) atoms. The Morgan fingerprint density at radius 2 is 1.71 bits per heavy atom. The molecule has 6 heteroatoms. The first-order valence-corrected chi connectivity index (χ1v) is 8.93. The van der Waals surface area contributed by atoms with Gasteiger partial charge in [0.15, 0.2) is 5.96 Å². The third-order valence-corrected chi connectivity index (χ3v) is 3.84. The van der Waals surface area contributed by atoms with Crippen molar-refractivity contribution < 1.29 is 0 Å². The lowest BCUT2D eigenvalue weighted by Gasteiger charge is -2.30. The molecule has 1 aromatic rings. The summed E-state index contributed by atoms with van der Waals surface area (Å²) < 4.78 is 2.17. The van der Waals surface area contributed by atoms with Gasteiger partial charge in [-0.15, -0.1) is 24.0 Å². The number of halogens is 1. The van der Waals surface area contributed by atoms with E-state index in [1.165, 1.54) is 0 Å². The van der Waals surface area contributed by atoms with E-state index in [9.17, 15) is 0 Å². The Labute approximate surface area is 165 Å². The third kappa shape index (κ3) is 9.52. The minimum Gasteiger partial charge on any atom is -0.357 e. The van der Waals surface area contributed by atoms with Gasteiger partial charge in [0.1, 0.15) is 0 Å². The minimum absolute atomic E-state index is 0. The van der Waals surface area contributed by atoms with Crippen LogP contribution in [0.3, 0.4) is 0 Å². The van der Waals surface area contributed by atoms with Crippen molar-refractivity contribution in [2.24, 2.45) is 4.99 Å². The Kier molecular flexibility index (Phi) is 13.1. The maximum Gasteiger partial charge on any atom is 0.191 e. The van der Waals surface area contributed by atoms with Crippen molar-refractivity contribution in [3.63, 3.8) is 0 Å². The number of aromatic nitrogens is 1. The van der Waals surface area contributed by atoms with Crippen molar-refractivity contribution in [3.8, 4) is 0 Å². The van der Waals surface area contributed by atoms with Gasteiger partial charge in [-0.05, 0) is 53.2 Å². The summed E-state index contributed by atoms with van der Waals surface area (Å²) in [5.41, 5.74) is 0. The van der Waals surface area contributed by atoms with E-state index in [0.717, 1.165) is 45.1 Å². The van der Waals surface area contributed by atoms with Crippen molar-refractivity contribution in [2.45, 2.75) is 59.7 Å². The Bertz CT molecular complexity index is 421. The Balaban J connectivity index is 0.00000529. The molecule has 140 valence electrons. The highest BCUT2D eigenvalue weighted by atomic mass is 127. The molecule has 0 amide bonds. The fourth-order valence-electron chi connectivity index (χ4n) is 2.72. The predicted molar refractivity (Wildman–Crippen MR) is 115 cm³/mol. The van der Waals surface area contributed by atoms with Crippen LogP contribution in [0.1, 0.15) is 41.0 Å². The zero-order chi connectivity index (χ0) is 17.1. The fraction of sp³-hybridized carbons (Fsp3) is 0.722. The number of nitrogens with zero attached hydrogens (tertiary/aromatic N) is 3. The Hall–Kier alpha value is -0.760. The predicted octanol–water partition coefficient (Wildman–Crippen LogP) is 3.17. The molecule has 0 fully saturated rings. The summed E-state index contributed by atoms with van der Waals surface area (Å²) >= 11 is 0. The van der Waals surface area contributed by atoms with Crippen LogP contribution in [0.15, 0.2) is 29.5 Å². The molecule has 0 aromatic carbocycles. The third-order valence-electron chi connectivity index (χ3n) is 3.84. The van der Waals surface area contributed by atoms with E-state index in [1.807, 2.05) is 0 Å². The molecule has 1 heterocycles. The van der Waals surface area contributed by atoms with Gasteiger partial charge >= 0.3 is 0 Å². The largest absolute Gasteiger partial charge is 0.357 e. The molecule has 0 aliphatic rings. The molecule has 1 rings (SSSR count). The number of guanidine groups is 1. The molecule has 1 aromatic heterocycles. The van der Waals surface area contributed by atoms with Crippen LogP contribution in [-0.2, 0) is 6.54 Å². The number of hydrogen-bond donors (Lipinski definition) is 2. The van der Waals surface area contributed by atoms with Gasteiger partial charge in [0, 0.05) is 57.2 Å². The first-order chi connectivity index (χ1) is 11.0. The SMILES string of the molecule is CCNC(=NCCCN(C(C)C)C(C)C)NCCn1cccc1.I. The highest BCUT2D eigenvalue weighted by molar-refractivity contribution is 14.0. The lowest BCUT2D eigenvalue weighted by molar-refractivity contribution is 0.174. The molecular formula is C18H36IN5. The van der Waals surface area contributed by atoms with E-state index in [-0.39, 0.29) is 24.0 Å². The second kappa shape index (κ2) is 13.5. The fourth-order valence-corrected chi connectivity index (χ4v) is 2.72. The van der Waals surface area contributed by atoms with Crippen molar-refractivity contribution in [3.05, 3.63) is 24.5 Å². The van der Waals surface area contributed by atoms with Gasteiger partial charge < -0.3 is 15.2 Å². The quantitative estimate of drug-likeness (QED) is 0.250. The van der Waals surface area contributed by atoms with E-state index in [2.05, 4.69) is 84.2 Å². The van der Waals surface area contributed by atoms with Crippen molar-refractivity contribution >= 4 is 29.9 Å². The van der Waals surface area contributed by atoms with Crippen LogP contribution in [-0.4, -0.2) is 53.7 Å². The van der Waals surface area contributed by atoms with Gasteiger partial charge in [0.25, 0.3) is 0 Å². The number of aliphatic imine (C=N–C) groups is 1. The Morgan fingerprint density at radius 3 is 2.25 bits per heavy atom. The van der Waals surface area contributed by atoms with Crippen molar-refractivity contribution in [1.82, 2.24) is 20.1 Å². The normalized spacial score (nSPS) is 11.9. The first kappa shape index (κ1) is 23.2. The van der Waals surface area contributed by atoms with Crippen LogP contribution in [0.25, 0.3) is 0 Å². The van der Waals surface area contributed by atoms with Gasteiger partial charge in [-0.2, -0.15) is 0 Å². The molecule has 0 aliphatic heterocycles. The number of hydrogen-bond acceptors (Lipinski definition) is 2. The topological polar surface area (TPSA) is 44.6 Å². The monoisotopic (exact) mass is 449 g/mol. The number of nitrogens with one attached hydrogen (secondary N) is 2. The standard InChI is InChI=1S/C18H35N5.HI/c1-6-19-18(21-11-15-22-12-7-8-13-22)20-10-9-14-23(16(2)3)17(4)5;/h7-8,12-13,16-17H,6,9-11,14-15H2,1-5H3,(H2,19,20,21);1H. The molecule has 0 bridgehead atoms. The van der Waals surface area contributed by atoms with Crippen LogP contribution < -0.4 is 10.6 Å². The van der Waals surface area contributed by atoms with E-state index in [4.69, 9.17) is 0 Å². The van der Waals surface area contributed by atoms with E-state index in [0.29, 0.717) is 12.1 Å². The summed E-state index contributed by atoms with van der Waals surface area (Å²) in [7, 11) is 0. The molecule has 0 aliphatic carbocycles. The van der Waals surface area contributed by atoms with Gasteiger partial charge in [0.2, 0.25) is 0 Å². The van der Waals surface area contributed by atoms with Crippen LogP contribution in [0.4, 0.5) is 0 Å². The lowest BCUT2D eigenvalue weighted by Crippen LogP contribution is -2.39. The molecule has 0 unspecified atom stereocenters. The summed E-state index contributed by atoms with van der Waals surface area (Å²) in [6.07, 6.45) is 5.25. The van der Waals surface area contributed by atoms with Crippen LogP contribution >= 0.6 is 24.0 Å². The molecule has 0 atom stereocenters. The summed E-state index contributed by atoms with van der Waals surface area (Å²) in [5.74, 6) is 0.917. The van der Waals surface area contributed by atoms with E-state index >= 15 is 0 Å². The summed E-state index contributed by atoms with van der Waals surface area (Å²) in [4.78, 5) is 7.20. The molecule has 0 radical (unpaired) electrons. The van der Waals surface area contributed by atoms with E-state index < -0.39 is 0 Å². The second-order valence-corrected chi connectivity index (χ2v) is 6.39. The van der Waals surface area contributed by atoms with E-state index in [1.54, 1.807) is 0 Å². The maximum absolute atomic E-state index is 4.68. The van der Waals surface area contributed by atoms with Gasteiger partial charge in [-0.1, -0.05) is 0 Å². The molecular weight excluding hydrogens is 413 g/mol. The summed E-state index contributed by atoms with van der Waals surface area (Å²) in [6.45, 7) is 15.8. The van der Waals surface area contributed by atoms with Crippen LogP contribution in [0.2, 0.25) is 0 Å². The van der Waals surface area contributed by atoms with Gasteiger partial charge in [0.05, 0.1) is 0 Å². The second-order valence-electron chi connectivity index (χ2n) is 6.39. The lowest BCUT2D eigenvalue weighted by atomic mass is 10.2. The average Bonchev–Trinajstić information content (AvgIpc) is 2.99. The van der Waals surface area contributed by atoms with Gasteiger partial charge in [-0.3, -0.25) is 9.89 Å². The molecule has 0 saturated heterocycles. The first-order valence-electron chi connectivity index (χ1n) is 8.93. The highest BCUT2D eigenvalue weighted by Crippen LogP contribution is 2.05. The van der Waals surface area contributed by atoms with Crippen LogP contribution in [0.5, 0.6) is 0 Å². The summed E-state index contributed by atoms with van der Waals surface area (Å²) in [6, 6.07) is 5.28. The zero-order valence-electron chi connectivity index (χ0n) is 16.0. The molecule has 2 N–H and O–H groups in total. The minimum atomic E-state index is 0. The van der Waals surface area contributed by atoms with Crippen molar-refractivity contribution in [1.29, 1.82) is 0 Å². The highest BCUT2D eigenvalue weighted by Gasteiger charge is 2.12. The zero-order valence-corrected chi connectivity index (χ0v) is 18.3. The average molecular weight is 449 g/mol. The summed E-state index contributed by atoms with van der Waals surface area (Å²) in [5, 5.41) is 6.71. The molecule has 0 spiro atoms. The smallest absolute Gasteiger partial charge is 0.191 e. The van der Waals surface area contributed by atoms with Gasteiger partial charge in [-0.25, -0.2) is 0 Å². The maximum atomic E-state index is 4.68. The van der Waals surface area contributed by atoms with Crippen molar-refractivity contribution in [2.75, 3.05) is 26.2 Å². The Morgan fingerprint density at radius 1 is 1.08 bits per heavy atom. The molecule has 0 saturated carbocycles. The molecule has 5 nitrogen and oxygen atoms in total. The number of rotatable bonds is 10. The van der Waals surface area contributed by atoms with Crippen LogP contribution in [0, 0.1) is 0 Å².